The lowest BCUT2D eigenvalue weighted by atomic mass is 9.92. The van der Waals surface area contributed by atoms with Crippen molar-refractivity contribution in [3.63, 3.8) is 0 Å². The summed E-state index contributed by atoms with van der Waals surface area (Å²) in [4.78, 5) is 17.6. The Morgan fingerprint density at radius 1 is 1.21 bits per heavy atom. The summed E-state index contributed by atoms with van der Waals surface area (Å²) in [5.41, 5.74) is 0.00895. The first-order valence-electron chi connectivity index (χ1n) is 8.32. The number of carbonyl (C=O) groups excluding carboxylic acids is 1. The van der Waals surface area contributed by atoms with Crippen LogP contribution in [0.5, 0.6) is 0 Å². The minimum atomic E-state index is 0. The average molecular weight is 466 g/mol. The number of thiophene rings is 1. The first kappa shape index (κ1) is 23.2. The van der Waals surface area contributed by atoms with Crippen LogP contribution < -0.4 is 16.0 Å². The van der Waals surface area contributed by atoms with E-state index in [-0.39, 0.29) is 35.3 Å². The maximum absolute atomic E-state index is 11.6. The van der Waals surface area contributed by atoms with Crippen molar-refractivity contribution in [3.05, 3.63) is 22.4 Å². The van der Waals surface area contributed by atoms with Crippen LogP contribution in [0, 0.1) is 0 Å². The zero-order valence-corrected chi connectivity index (χ0v) is 18.3. The van der Waals surface area contributed by atoms with Crippen LogP contribution in [-0.2, 0) is 10.2 Å². The molecule has 0 spiro atoms. The first-order valence-corrected chi connectivity index (χ1v) is 9.20. The smallest absolute Gasteiger partial charge is 0.221 e. The predicted octanol–water partition coefficient (Wildman–Crippen LogP) is 3.12. The van der Waals surface area contributed by atoms with Gasteiger partial charge in [-0.1, -0.05) is 26.8 Å². The molecule has 0 aliphatic carbocycles. The minimum Gasteiger partial charge on any atom is -0.357 e. The van der Waals surface area contributed by atoms with Crippen molar-refractivity contribution in [2.24, 2.45) is 4.99 Å². The molecule has 1 aromatic rings. The summed E-state index contributed by atoms with van der Waals surface area (Å²) in [6.45, 7) is 11.3. The van der Waals surface area contributed by atoms with Gasteiger partial charge in [0, 0.05) is 36.3 Å². The lowest BCUT2D eigenvalue weighted by Crippen LogP contribution is -2.40. The SMILES string of the molecule is CCCNC(=O)CCNC(=NCC(C)(C)c1cccs1)NCC.I. The molecule has 0 aromatic carbocycles. The maximum Gasteiger partial charge on any atom is 0.221 e. The highest BCUT2D eigenvalue weighted by atomic mass is 127. The quantitative estimate of drug-likeness (QED) is 0.298. The Balaban J connectivity index is 0.00000529. The minimum absolute atomic E-state index is 0. The number of hydrogen-bond donors (Lipinski definition) is 3. The molecular weight excluding hydrogens is 435 g/mol. The highest BCUT2D eigenvalue weighted by Gasteiger charge is 2.21. The molecule has 0 atom stereocenters. The van der Waals surface area contributed by atoms with Gasteiger partial charge in [0.15, 0.2) is 5.96 Å². The number of rotatable bonds is 9. The second-order valence-corrected chi connectivity index (χ2v) is 7.03. The molecule has 1 rings (SSSR count). The summed E-state index contributed by atoms with van der Waals surface area (Å²) in [5, 5.41) is 11.4. The summed E-state index contributed by atoms with van der Waals surface area (Å²) in [5.74, 6) is 0.842. The number of halogens is 1. The van der Waals surface area contributed by atoms with Crippen molar-refractivity contribution in [2.45, 2.75) is 46.0 Å². The van der Waals surface area contributed by atoms with Gasteiger partial charge in [-0.15, -0.1) is 35.3 Å². The normalized spacial score (nSPS) is 11.6. The number of amides is 1. The Morgan fingerprint density at radius 2 is 1.96 bits per heavy atom. The molecule has 0 saturated carbocycles. The zero-order valence-electron chi connectivity index (χ0n) is 15.1. The van der Waals surface area contributed by atoms with Crippen LogP contribution >= 0.6 is 35.3 Å². The van der Waals surface area contributed by atoms with Crippen LogP contribution in [-0.4, -0.2) is 38.0 Å². The van der Waals surface area contributed by atoms with E-state index >= 15 is 0 Å². The molecule has 0 unspecified atom stereocenters. The Labute approximate surface area is 167 Å². The third-order valence-electron chi connectivity index (χ3n) is 3.38. The molecule has 0 aliphatic heterocycles. The Hall–Kier alpha value is -0.830. The Kier molecular flexibility index (Phi) is 12.1. The van der Waals surface area contributed by atoms with Gasteiger partial charge < -0.3 is 16.0 Å². The van der Waals surface area contributed by atoms with Crippen LogP contribution in [0.2, 0.25) is 0 Å². The predicted molar refractivity (Wildman–Crippen MR) is 115 cm³/mol. The zero-order chi connectivity index (χ0) is 17.1. The second kappa shape index (κ2) is 12.5. The molecular formula is C17H31IN4OS. The molecule has 0 fully saturated rings. The van der Waals surface area contributed by atoms with Gasteiger partial charge >= 0.3 is 0 Å². The number of aliphatic imine (C=N–C) groups is 1. The molecule has 1 aromatic heterocycles. The van der Waals surface area contributed by atoms with Crippen LogP contribution in [0.25, 0.3) is 0 Å². The summed E-state index contributed by atoms with van der Waals surface area (Å²) >= 11 is 1.76. The van der Waals surface area contributed by atoms with Crippen molar-refractivity contribution >= 4 is 47.2 Å². The lowest BCUT2D eigenvalue weighted by molar-refractivity contribution is -0.120. The fourth-order valence-electron chi connectivity index (χ4n) is 2.01. The van der Waals surface area contributed by atoms with E-state index in [1.54, 1.807) is 11.3 Å². The molecule has 3 N–H and O–H groups in total. The highest BCUT2D eigenvalue weighted by Crippen LogP contribution is 2.27. The monoisotopic (exact) mass is 466 g/mol. The highest BCUT2D eigenvalue weighted by molar-refractivity contribution is 14.0. The summed E-state index contributed by atoms with van der Waals surface area (Å²) < 4.78 is 0. The number of nitrogens with zero attached hydrogens (tertiary/aromatic N) is 1. The second-order valence-electron chi connectivity index (χ2n) is 6.08. The molecule has 0 radical (unpaired) electrons. The number of guanidine groups is 1. The third-order valence-corrected chi connectivity index (χ3v) is 4.62. The largest absolute Gasteiger partial charge is 0.357 e. The fourth-order valence-corrected chi connectivity index (χ4v) is 2.85. The van der Waals surface area contributed by atoms with E-state index in [0.717, 1.165) is 25.5 Å². The topological polar surface area (TPSA) is 65.5 Å². The van der Waals surface area contributed by atoms with E-state index in [1.807, 2.05) is 13.8 Å². The summed E-state index contributed by atoms with van der Waals surface area (Å²) in [6.07, 6.45) is 1.42. The molecule has 0 aliphatic rings. The molecule has 0 saturated heterocycles. The van der Waals surface area contributed by atoms with Gasteiger partial charge in [0.1, 0.15) is 0 Å². The maximum atomic E-state index is 11.6. The van der Waals surface area contributed by atoms with E-state index in [4.69, 9.17) is 0 Å². The van der Waals surface area contributed by atoms with E-state index in [0.29, 0.717) is 19.5 Å². The average Bonchev–Trinajstić information content (AvgIpc) is 3.06. The van der Waals surface area contributed by atoms with Gasteiger partial charge in [0.2, 0.25) is 5.91 Å². The van der Waals surface area contributed by atoms with E-state index in [2.05, 4.69) is 52.3 Å². The van der Waals surface area contributed by atoms with Crippen molar-refractivity contribution in [2.75, 3.05) is 26.2 Å². The summed E-state index contributed by atoms with van der Waals surface area (Å²) in [6, 6.07) is 4.22. The number of carbonyl (C=O) groups is 1. The van der Waals surface area contributed by atoms with Crippen LogP contribution in [0.1, 0.15) is 45.4 Å². The van der Waals surface area contributed by atoms with Crippen molar-refractivity contribution < 1.29 is 4.79 Å². The molecule has 7 heteroatoms. The molecule has 1 heterocycles. The van der Waals surface area contributed by atoms with Crippen molar-refractivity contribution in [1.29, 1.82) is 0 Å². The number of nitrogens with one attached hydrogen (secondary N) is 3. The third kappa shape index (κ3) is 8.86. The van der Waals surface area contributed by atoms with Gasteiger partial charge in [-0.3, -0.25) is 9.79 Å². The van der Waals surface area contributed by atoms with Crippen LogP contribution in [0.3, 0.4) is 0 Å². The van der Waals surface area contributed by atoms with Crippen molar-refractivity contribution in [1.82, 2.24) is 16.0 Å². The van der Waals surface area contributed by atoms with Crippen LogP contribution in [0.15, 0.2) is 22.5 Å². The van der Waals surface area contributed by atoms with E-state index in [1.165, 1.54) is 4.88 Å². The standard InChI is InChI=1S/C17H30N4OS.HI/c1-5-10-19-15(22)9-11-20-16(18-6-2)21-13-17(3,4)14-8-7-12-23-14;/h7-8,12H,5-6,9-11,13H2,1-4H3,(H,19,22)(H2,18,20,21);1H. The van der Waals surface area contributed by atoms with E-state index in [9.17, 15) is 4.79 Å². The lowest BCUT2D eigenvalue weighted by Gasteiger charge is -2.21. The fraction of sp³-hybridized carbons (Fsp3) is 0.647. The van der Waals surface area contributed by atoms with E-state index < -0.39 is 0 Å². The molecule has 5 nitrogen and oxygen atoms in total. The summed E-state index contributed by atoms with van der Waals surface area (Å²) in [7, 11) is 0. The van der Waals surface area contributed by atoms with Gasteiger partial charge in [0.05, 0.1) is 6.54 Å². The molecule has 0 bridgehead atoms. The number of hydrogen-bond acceptors (Lipinski definition) is 3. The van der Waals surface area contributed by atoms with Crippen molar-refractivity contribution in [3.8, 4) is 0 Å². The Morgan fingerprint density at radius 3 is 2.54 bits per heavy atom. The van der Waals surface area contributed by atoms with Crippen LogP contribution in [0.4, 0.5) is 0 Å². The first-order chi connectivity index (χ1) is 11.0. The van der Waals surface area contributed by atoms with Gasteiger partial charge in [-0.25, -0.2) is 0 Å². The van der Waals surface area contributed by atoms with Gasteiger partial charge in [-0.2, -0.15) is 0 Å². The Bertz CT molecular complexity index is 489. The van der Waals surface area contributed by atoms with Gasteiger partial charge in [0.25, 0.3) is 0 Å². The molecule has 24 heavy (non-hydrogen) atoms. The van der Waals surface area contributed by atoms with Gasteiger partial charge in [-0.05, 0) is 24.8 Å². The molecule has 138 valence electrons. The molecule has 1 amide bonds.